The molecule has 37 heavy (non-hydrogen) atoms. The Balaban J connectivity index is 2.02. The lowest BCUT2D eigenvalue weighted by molar-refractivity contribution is 0.874. The van der Waals surface area contributed by atoms with Crippen molar-refractivity contribution in [1.29, 1.82) is 5.41 Å². The molecule has 1 heterocycles. The summed E-state index contributed by atoms with van der Waals surface area (Å²) in [7, 11) is 0. The van der Waals surface area contributed by atoms with Crippen LogP contribution in [-0.4, -0.2) is 23.1 Å². The zero-order valence-corrected chi connectivity index (χ0v) is 21.4. The molecule has 6 N–H and O–H groups in total. The molecule has 0 fully saturated rings. The number of nitrogens with one attached hydrogen (secondary N) is 2. The molecule has 188 valence electrons. The number of benzene rings is 2. The average molecular weight is 491 g/mol. The molecule has 1 unspecified atom stereocenters. The number of nitrogens with two attached hydrogens (primary N) is 2. The van der Waals surface area contributed by atoms with Crippen LogP contribution < -0.4 is 16.8 Å². The summed E-state index contributed by atoms with van der Waals surface area (Å²) in [4.78, 5) is 9.34. The highest BCUT2D eigenvalue weighted by Gasteiger charge is 2.16. The van der Waals surface area contributed by atoms with Gasteiger partial charge in [-0.05, 0) is 53.6 Å². The summed E-state index contributed by atoms with van der Waals surface area (Å²) < 4.78 is 0. The molecule has 0 radical (unpaired) electrons. The van der Waals surface area contributed by atoms with E-state index in [0.717, 1.165) is 33.5 Å². The first-order chi connectivity index (χ1) is 17.8. The van der Waals surface area contributed by atoms with Gasteiger partial charge in [0, 0.05) is 47.4 Å². The molecule has 1 aromatic heterocycles. The first-order valence-electron chi connectivity index (χ1n) is 12.0. The molecule has 0 amide bonds. The minimum absolute atomic E-state index is 0.0166. The van der Waals surface area contributed by atoms with E-state index < -0.39 is 0 Å². The summed E-state index contributed by atoms with van der Waals surface area (Å²) in [5.74, 6) is 0.243. The van der Waals surface area contributed by atoms with E-state index in [1.165, 1.54) is 6.20 Å². The average Bonchev–Trinajstić information content (AvgIpc) is 2.91. The predicted molar refractivity (Wildman–Crippen MR) is 156 cm³/mol. The van der Waals surface area contributed by atoms with Gasteiger partial charge >= 0.3 is 0 Å². The van der Waals surface area contributed by atoms with Gasteiger partial charge in [0.1, 0.15) is 5.84 Å². The number of hydrogen-bond donors (Lipinski definition) is 4. The van der Waals surface area contributed by atoms with Gasteiger partial charge < -0.3 is 16.8 Å². The van der Waals surface area contributed by atoms with Gasteiger partial charge in [0.2, 0.25) is 0 Å². The van der Waals surface area contributed by atoms with Crippen molar-refractivity contribution in [1.82, 2.24) is 10.3 Å². The van der Waals surface area contributed by atoms with Crippen molar-refractivity contribution in [2.24, 2.45) is 16.5 Å². The normalized spacial score (nSPS) is 12.5. The van der Waals surface area contributed by atoms with Crippen molar-refractivity contribution < 1.29 is 0 Å². The first kappa shape index (κ1) is 26.9. The number of nitrogens with zero attached hydrogens (tertiary/aromatic N) is 2. The van der Waals surface area contributed by atoms with Crippen molar-refractivity contribution in [3.05, 3.63) is 133 Å². The van der Waals surface area contributed by atoms with Crippen LogP contribution >= 0.6 is 0 Å². The number of aromatic nitrogens is 1. The Morgan fingerprint density at radius 3 is 2.57 bits per heavy atom. The molecule has 0 saturated carbocycles. The maximum absolute atomic E-state index is 8.94. The lowest BCUT2D eigenvalue weighted by atomic mass is 9.96. The minimum atomic E-state index is -0.0166. The molecule has 0 bridgehead atoms. The van der Waals surface area contributed by atoms with E-state index in [0.29, 0.717) is 23.5 Å². The maximum atomic E-state index is 8.94. The maximum Gasteiger partial charge on any atom is 0.128 e. The summed E-state index contributed by atoms with van der Waals surface area (Å²) >= 11 is 0. The van der Waals surface area contributed by atoms with Crippen LogP contribution in [0.1, 0.15) is 36.5 Å². The van der Waals surface area contributed by atoms with Crippen LogP contribution in [0.4, 0.5) is 5.69 Å². The van der Waals surface area contributed by atoms with E-state index in [1.807, 2.05) is 80.6 Å². The largest absolute Gasteiger partial charge is 0.405 e. The highest BCUT2D eigenvalue weighted by molar-refractivity contribution is 6.09. The van der Waals surface area contributed by atoms with E-state index >= 15 is 0 Å². The Kier molecular flexibility index (Phi) is 9.33. The number of allylic oxidation sites excluding steroid dienone is 3. The molecule has 0 aliphatic rings. The topological polar surface area (TPSA) is 113 Å². The van der Waals surface area contributed by atoms with Crippen LogP contribution in [0.3, 0.4) is 0 Å². The molecule has 0 spiro atoms. The standard InChI is InChI=1S/C31H34N6/c1-21(11-8-9-16-32)18-36-31(34)30-28(25-12-6-5-7-13-25)14-10-15-29(30)37-24(4)27-17-26(19-35-20-27)22(2)23(3)33/h5-17,19-20,22H,1,3,18,32-33H2,2,4H3,(H2,34,36)/b11-8-,16-9-,37-24+. The van der Waals surface area contributed by atoms with Gasteiger partial charge in [-0.2, -0.15) is 0 Å². The molecule has 0 saturated heterocycles. The Morgan fingerprint density at radius 1 is 1.11 bits per heavy atom. The van der Waals surface area contributed by atoms with Crippen LogP contribution in [-0.2, 0) is 0 Å². The van der Waals surface area contributed by atoms with Crippen LogP contribution in [0.5, 0.6) is 0 Å². The zero-order valence-electron chi connectivity index (χ0n) is 21.4. The number of pyridine rings is 1. The predicted octanol–water partition coefficient (Wildman–Crippen LogP) is 5.96. The van der Waals surface area contributed by atoms with Gasteiger partial charge in [0.05, 0.1) is 5.69 Å². The second-order valence-corrected chi connectivity index (χ2v) is 8.70. The third-order valence-corrected chi connectivity index (χ3v) is 5.95. The first-order valence-corrected chi connectivity index (χ1v) is 12.0. The van der Waals surface area contributed by atoms with E-state index in [-0.39, 0.29) is 11.8 Å². The Labute approximate surface area is 219 Å². The minimum Gasteiger partial charge on any atom is -0.405 e. The summed E-state index contributed by atoms with van der Waals surface area (Å²) in [6, 6.07) is 17.9. The van der Waals surface area contributed by atoms with E-state index in [1.54, 1.807) is 18.5 Å². The molecule has 2 aromatic carbocycles. The Hall–Kier alpha value is -4.71. The zero-order chi connectivity index (χ0) is 26.8. The van der Waals surface area contributed by atoms with Crippen LogP contribution in [0.2, 0.25) is 0 Å². The molecule has 0 aliphatic carbocycles. The van der Waals surface area contributed by atoms with Gasteiger partial charge in [-0.3, -0.25) is 15.4 Å². The van der Waals surface area contributed by atoms with E-state index in [2.05, 4.69) is 23.5 Å². The number of aliphatic imine (C=N–C) groups is 1. The van der Waals surface area contributed by atoms with Gasteiger partial charge in [0.25, 0.3) is 0 Å². The fourth-order valence-electron chi connectivity index (χ4n) is 3.71. The smallest absolute Gasteiger partial charge is 0.128 e. The fourth-order valence-corrected chi connectivity index (χ4v) is 3.71. The summed E-state index contributed by atoms with van der Waals surface area (Å²) in [6.45, 7) is 12.3. The van der Waals surface area contributed by atoms with Gasteiger partial charge in [-0.15, -0.1) is 0 Å². The van der Waals surface area contributed by atoms with Crippen molar-refractivity contribution in [2.75, 3.05) is 6.54 Å². The highest BCUT2D eigenvalue weighted by atomic mass is 14.9. The third kappa shape index (κ3) is 7.15. The van der Waals surface area contributed by atoms with Crippen LogP contribution in [0.15, 0.2) is 121 Å². The van der Waals surface area contributed by atoms with Crippen LogP contribution in [0, 0.1) is 5.41 Å². The molecule has 0 aliphatic heterocycles. The summed E-state index contributed by atoms with van der Waals surface area (Å²) in [5, 5.41) is 12.1. The van der Waals surface area contributed by atoms with Crippen LogP contribution in [0.25, 0.3) is 11.1 Å². The SMILES string of the molecule is C=C(/C=C\C=C/N)CNC(=N)c1c(/N=C(\C)c2cncc(C(C)C(=C)N)c2)cccc1-c1ccccc1. The molecule has 6 nitrogen and oxygen atoms in total. The number of rotatable bonds is 10. The van der Waals surface area contributed by atoms with E-state index in [4.69, 9.17) is 21.9 Å². The van der Waals surface area contributed by atoms with Crippen molar-refractivity contribution >= 4 is 17.2 Å². The van der Waals surface area contributed by atoms with Gasteiger partial charge in [-0.25, -0.2) is 0 Å². The summed E-state index contributed by atoms with van der Waals surface area (Å²) in [6.07, 6.45) is 10.4. The van der Waals surface area contributed by atoms with Crippen molar-refractivity contribution in [3.63, 3.8) is 0 Å². The third-order valence-electron chi connectivity index (χ3n) is 5.95. The fraction of sp³-hybridized carbons (Fsp3) is 0.129. The Bertz CT molecular complexity index is 1370. The molecule has 3 aromatic rings. The van der Waals surface area contributed by atoms with Gasteiger partial charge in [0.15, 0.2) is 0 Å². The second-order valence-electron chi connectivity index (χ2n) is 8.70. The van der Waals surface area contributed by atoms with Crippen molar-refractivity contribution in [3.8, 4) is 11.1 Å². The quantitative estimate of drug-likeness (QED) is 0.159. The molecule has 6 heteroatoms. The van der Waals surface area contributed by atoms with E-state index in [9.17, 15) is 0 Å². The lowest BCUT2D eigenvalue weighted by Gasteiger charge is -2.16. The van der Waals surface area contributed by atoms with Crippen molar-refractivity contribution in [2.45, 2.75) is 19.8 Å². The molecular weight excluding hydrogens is 456 g/mol. The lowest BCUT2D eigenvalue weighted by Crippen LogP contribution is -2.26. The molecule has 3 rings (SSSR count). The number of hydrogen-bond acceptors (Lipinski definition) is 5. The highest BCUT2D eigenvalue weighted by Crippen LogP contribution is 2.32. The van der Waals surface area contributed by atoms with Gasteiger partial charge in [-0.1, -0.05) is 74.7 Å². The monoisotopic (exact) mass is 490 g/mol. The molecular formula is C31H34N6. The molecule has 1 atom stereocenters. The number of amidine groups is 1. The Morgan fingerprint density at radius 2 is 1.86 bits per heavy atom. The summed E-state index contributed by atoms with van der Waals surface area (Å²) in [5.41, 5.74) is 18.7. The second kappa shape index (κ2) is 12.8.